The second kappa shape index (κ2) is 7.66. The molecule has 0 radical (unpaired) electrons. The molecule has 1 aliphatic heterocycles. The van der Waals surface area contributed by atoms with Crippen molar-refractivity contribution in [3.05, 3.63) is 11.6 Å². The largest absolute Gasteiger partial charge is 0.455 e. The predicted octanol–water partition coefficient (Wildman–Crippen LogP) is 5.22. The van der Waals surface area contributed by atoms with E-state index in [1.807, 2.05) is 13.0 Å². The summed E-state index contributed by atoms with van der Waals surface area (Å²) < 4.78 is 5.56. The second-order valence-electron chi connectivity index (χ2n) is 14.3. The molecule has 0 aromatic heterocycles. The summed E-state index contributed by atoms with van der Waals surface area (Å²) in [5.74, 6) is 0.936. The van der Waals surface area contributed by atoms with Gasteiger partial charge in [0.15, 0.2) is 0 Å². The molecule has 35 heavy (non-hydrogen) atoms. The van der Waals surface area contributed by atoms with Crippen molar-refractivity contribution in [2.24, 2.45) is 44.8 Å². The highest BCUT2D eigenvalue weighted by molar-refractivity contribution is 5.94. The highest BCUT2D eigenvalue weighted by atomic mass is 16.5. The Labute approximate surface area is 211 Å². The highest BCUT2D eigenvalue weighted by Crippen LogP contribution is 2.76. The Kier molecular flexibility index (Phi) is 5.57. The molecular weight excluding hydrogens is 440 g/mol. The number of carbonyl (C=O) groups excluding carboxylic acids is 2. The molecular formula is C30H46O5. The lowest BCUT2D eigenvalue weighted by molar-refractivity contribution is -0.186. The second-order valence-corrected chi connectivity index (χ2v) is 14.3. The van der Waals surface area contributed by atoms with Crippen LogP contribution in [0.1, 0.15) is 99.8 Å². The van der Waals surface area contributed by atoms with Crippen molar-refractivity contribution < 1.29 is 24.5 Å². The monoisotopic (exact) mass is 486 g/mol. The first-order valence-electron chi connectivity index (χ1n) is 14.0. The maximum atomic E-state index is 14.8. The van der Waals surface area contributed by atoms with Gasteiger partial charge in [0, 0.05) is 11.0 Å². The lowest BCUT2D eigenvalue weighted by atomic mass is 9.41. The van der Waals surface area contributed by atoms with Crippen LogP contribution in [0.3, 0.4) is 0 Å². The van der Waals surface area contributed by atoms with Crippen molar-refractivity contribution in [1.29, 1.82) is 0 Å². The minimum Gasteiger partial charge on any atom is -0.455 e. The molecule has 5 nitrogen and oxygen atoms in total. The van der Waals surface area contributed by atoms with Gasteiger partial charge in [-0.3, -0.25) is 4.79 Å². The molecule has 10 atom stereocenters. The van der Waals surface area contributed by atoms with Gasteiger partial charge < -0.3 is 14.9 Å². The molecule has 0 aromatic carbocycles. The number of aliphatic hydroxyl groups excluding tert-OH is 2. The van der Waals surface area contributed by atoms with Crippen LogP contribution in [-0.4, -0.2) is 40.3 Å². The molecule has 0 saturated heterocycles. The van der Waals surface area contributed by atoms with Crippen molar-refractivity contribution in [3.8, 4) is 0 Å². The van der Waals surface area contributed by atoms with E-state index in [0.29, 0.717) is 36.0 Å². The average Bonchev–Trinajstić information content (AvgIpc) is 3.33. The molecule has 5 aliphatic rings. The van der Waals surface area contributed by atoms with Crippen LogP contribution >= 0.6 is 0 Å². The number of ketones is 1. The number of rotatable bonds is 3. The maximum Gasteiger partial charge on any atom is 0.334 e. The summed E-state index contributed by atoms with van der Waals surface area (Å²) in [6.45, 7) is 15.1. The third kappa shape index (κ3) is 3.00. The number of aliphatic hydroxyl groups is 2. The van der Waals surface area contributed by atoms with E-state index in [4.69, 9.17) is 4.74 Å². The Morgan fingerprint density at radius 2 is 1.66 bits per heavy atom. The van der Waals surface area contributed by atoms with Gasteiger partial charge in [0.2, 0.25) is 0 Å². The predicted molar refractivity (Wildman–Crippen MR) is 134 cm³/mol. The molecule has 2 N–H and O–H groups in total. The summed E-state index contributed by atoms with van der Waals surface area (Å²) in [6, 6.07) is 0. The third-order valence-corrected chi connectivity index (χ3v) is 12.8. The SMILES string of the molecule is CC1=C[C@@H](C[C@@H](C)[C@H]2CC[C@@]3(C)C(=O)[C@@]4(CC[C@]23C)[C@@H](O)C[C@H]2C(C)(C)[C@H](O)CC[C@@]24C)OC1=O. The fraction of sp³-hybridized carbons (Fsp3) is 0.867. The van der Waals surface area contributed by atoms with E-state index in [0.717, 1.165) is 38.5 Å². The molecule has 5 rings (SSSR count). The van der Waals surface area contributed by atoms with Gasteiger partial charge >= 0.3 is 5.97 Å². The van der Waals surface area contributed by atoms with Gasteiger partial charge in [0.05, 0.1) is 17.6 Å². The Hall–Kier alpha value is -1.20. The van der Waals surface area contributed by atoms with Gasteiger partial charge in [-0.05, 0) is 98.4 Å². The van der Waals surface area contributed by atoms with E-state index in [2.05, 4.69) is 41.5 Å². The molecule has 5 heteroatoms. The van der Waals surface area contributed by atoms with Crippen molar-refractivity contribution in [1.82, 2.24) is 0 Å². The van der Waals surface area contributed by atoms with Crippen LogP contribution < -0.4 is 0 Å². The molecule has 0 amide bonds. The van der Waals surface area contributed by atoms with Crippen molar-refractivity contribution in [2.75, 3.05) is 0 Å². The minimum atomic E-state index is -0.720. The quantitative estimate of drug-likeness (QED) is 0.534. The molecule has 1 heterocycles. The molecule has 0 bridgehead atoms. The number of fused-ring (bicyclic) bond motifs is 3. The summed E-state index contributed by atoms with van der Waals surface area (Å²) in [7, 11) is 0. The highest BCUT2D eigenvalue weighted by Gasteiger charge is 2.76. The first kappa shape index (κ1) is 25.4. The third-order valence-electron chi connectivity index (χ3n) is 12.8. The van der Waals surface area contributed by atoms with E-state index in [1.54, 1.807) is 0 Å². The lowest BCUT2D eigenvalue weighted by Crippen LogP contribution is -2.64. The molecule has 196 valence electrons. The number of hydrogen-bond donors (Lipinski definition) is 2. The fourth-order valence-electron chi connectivity index (χ4n) is 10.3. The van der Waals surface area contributed by atoms with Crippen LogP contribution in [0.5, 0.6) is 0 Å². The Bertz CT molecular complexity index is 968. The molecule has 4 fully saturated rings. The van der Waals surface area contributed by atoms with E-state index in [1.165, 1.54) is 0 Å². The Morgan fingerprint density at radius 1 is 0.971 bits per heavy atom. The molecule has 4 aliphatic carbocycles. The van der Waals surface area contributed by atoms with Gasteiger partial charge in [-0.2, -0.15) is 0 Å². The summed E-state index contributed by atoms with van der Waals surface area (Å²) >= 11 is 0. The number of ether oxygens (including phenoxy) is 1. The van der Waals surface area contributed by atoms with Crippen LogP contribution in [0.25, 0.3) is 0 Å². The first-order chi connectivity index (χ1) is 16.1. The standard InChI is InChI=1S/C30H46O5/c1-17(14-19-15-18(2)24(33)35-19)20-8-10-29(7)25(34)30(13-12-27(20,29)5)23(32)16-21-26(3,4)22(31)9-11-28(21,30)6/h15,17,19-23,31-32H,8-14,16H2,1-7H3/t17-,19-,20-,21+,22-,23+,27-,28+,29+,30-/m1/s1. The van der Waals surface area contributed by atoms with E-state index in [-0.39, 0.29) is 40.3 Å². The molecule has 0 aromatic rings. The summed E-state index contributed by atoms with van der Waals surface area (Å²) in [5.41, 5.74) is -1.23. The summed E-state index contributed by atoms with van der Waals surface area (Å²) in [5, 5.41) is 22.5. The number of esters is 1. The molecule has 4 saturated carbocycles. The van der Waals surface area contributed by atoms with Crippen LogP contribution in [-0.2, 0) is 14.3 Å². The van der Waals surface area contributed by atoms with Crippen LogP contribution in [0.15, 0.2) is 11.6 Å². The van der Waals surface area contributed by atoms with Gasteiger partial charge in [-0.25, -0.2) is 4.79 Å². The van der Waals surface area contributed by atoms with E-state index < -0.39 is 16.9 Å². The topological polar surface area (TPSA) is 83.8 Å². The lowest BCUT2D eigenvalue weighted by Gasteiger charge is -2.62. The zero-order chi connectivity index (χ0) is 25.8. The summed E-state index contributed by atoms with van der Waals surface area (Å²) in [4.78, 5) is 26.7. The zero-order valence-electron chi connectivity index (χ0n) is 22.8. The Morgan fingerprint density at radius 3 is 2.29 bits per heavy atom. The van der Waals surface area contributed by atoms with Gasteiger partial charge in [-0.1, -0.05) is 41.5 Å². The smallest absolute Gasteiger partial charge is 0.334 e. The normalized spacial score (nSPS) is 51.7. The average molecular weight is 487 g/mol. The van der Waals surface area contributed by atoms with Gasteiger partial charge in [-0.15, -0.1) is 0 Å². The number of hydrogen-bond acceptors (Lipinski definition) is 5. The first-order valence-corrected chi connectivity index (χ1v) is 14.0. The van der Waals surface area contributed by atoms with Crippen LogP contribution in [0.2, 0.25) is 0 Å². The van der Waals surface area contributed by atoms with Crippen molar-refractivity contribution >= 4 is 11.8 Å². The molecule has 0 unspecified atom stereocenters. The number of Topliss-reactive ketones (excluding diaryl/α,β-unsaturated/α-hetero) is 1. The fourth-order valence-corrected chi connectivity index (χ4v) is 10.3. The van der Waals surface area contributed by atoms with Gasteiger partial charge in [0.25, 0.3) is 0 Å². The van der Waals surface area contributed by atoms with E-state index in [9.17, 15) is 19.8 Å². The summed E-state index contributed by atoms with van der Waals surface area (Å²) in [6.07, 6.45) is 7.20. The van der Waals surface area contributed by atoms with Crippen LogP contribution in [0, 0.1) is 44.8 Å². The van der Waals surface area contributed by atoms with E-state index >= 15 is 0 Å². The van der Waals surface area contributed by atoms with Crippen molar-refractivity contribution in [3.63, 3.8) is 0 Å². The number of carbonyl (C=O) groups is 2. The molecule has 1 spiro atoms. The number of cyclic esters (lactones) is 1. The van der Waals surface area contributed by atoms with Gasteiger partial charge in [0.1, 0.15) is 11.9 Å². The Balaban J connectivity index is 1.45. The van der Waals surface area contributed by atoms with Crippen molar-refractivity contribution in [2.45, 2.75) is 118 Å². The zero-order valence-corrected chi connectivity index (χ0v) is 22.8. The van der Waals surface area contributed by atoms with Crippen LogP contribution in [0.4, 0.5) is 0 Å². The maximum absolute atomic E-state index is 14.8. The minimum absolute atomic E-state index is 0.131.